The smallest absolute Gasteiger partial charge is 0.155 e. The third-order valence-corrected chi connectivity index (χ3v) is 9.02. The van der Waals surface area contributed by atoms with Crippen molar-refractivity contribution in [2.75, 3.05) is 0 Å². The highest BCUT2D eigenvalue weighted by atomic mass is 16.3. The van der Waals surface area contributed by atoms with E-state index in [1.54, 1.807) is 5.57 Å². The Hall–Kier alpha value is -1.67. The van der Waals surface area contributed by atoms with Crippen molar-refractivity contribution >= 4 is 5.78 Å². The molecule has 1 N–H and O–H groups in total. The second kappa shape index (κ2) is 5.92. The van der Waals surface area contributed by atoms with Gasteiger partial charge in [-0.1, -0.05) is 60.9 Å². The summed E-state index contributed by atoms with van der Waals surface area (Å²) in [6, 6.07) is 8.54. The molecule has 0 aliphatic heterocycles. The summed E-state index contributed by atoms with van der Waals surface area (Å²) in [5.74, 6) is 1.38. The Labute approximate surface area is 168 Å². The minimum absolute atomic E-state index is 0.0721. The highest BCUT2D eigenvalue weighted by Gasteiger charge is 2.62. The zero-order valence-electron chi connectivity index (χ0n) is 17.4. The van der Waals surface area contributed by atoms with E-state index in [-0.39, 0.29) is 10.8 Å². The fourth-order valence-electron chi connectivity index (χ4n) is 7.17. The van der Waals surface area contributed by atoms with Gasteiger partial charge in [0, 0.05) is 17.3 Å². The Morgan fingerprint density at radius 1 is 1.04 bits per heavy atom. The molecule has 28 heavy (non-hydrogen) atoms. The quantitative estimate of drug-likeness (QED) is 0.645. The van der Waals surface area contributed by atoms with Gasteiger partial charge in [-0.05, 0) is 68.9 Å². The van der Waals surface area contributed by atoms with E-state index in [4.69, 9.17) is 0 Å². The average Bonchev–Trinajstić information content (AvgIpc) is 2.95. The Kier molecular flexibility index (Phi) is 3.88. The Morgan fingerprint density at radius 3 is 2.54 bits per heavy atom. The van der Waals surface area contributed by atoms with Gasteiger partial charge in [-0.15, -0.1) is 0 Å². The lowest BCUT2D eigenvalue weighted by molar-refractivity contribution is -0.115. The predicted molar refractivity (Wildman–Crippen MR) is 112 cm³/mol. The summed E-state index contributed by atoms with van der Waals surface area (Å²) in [7, 11) is 0. The highest BCUT2D eigenvalue weighted by molar-refractivity contribution is 5.92. The Balaban J connectivity index is 1.56. The lowest BCUT2D eigenvalue weighted by atomic mass is 9.50. The summed E-state index contributed by atoms with van der Waals surface area (Å²) in [6.45, 7) is 6.80. The summed E-state index contributed by atoms with van der Waals surface area (Å²) < 4.78 is 0. The van der Waals surface area contributed by atoms with Crippen molar-refractivity contribution < 1.29 is 9.90 Å². The van der Waals surface area contributed by atoms with Crippen LogP contribution < -0.4 is 0 Å². The number of allylic oxidation sites excluding steroid dienone is 4. The Bertz CT molecular complexity index is 892. The van der Waals surface area contributed by atoms with E-state index in [9.17, 15) is 9.90 Å². The molecule has 148 valence electrons. The minimum atomic E-state index is -0.743. The van der Waals surface area contributed by atoms with Gasteiger partial charge in [0.2, 0.25) is 0 Å². The summed E-state index contributed by atoms with van der Waals surface area (Å²) in [5.41, 5.74) is 4.48. The van der Waals surface area contributed by atoms with Gasteiger partial charge in [-0.3, -0.25) is 4.79 Å². The SMILES string of the molecule is Cc1ccc(C2(O)CC[C@H]3[C@@H]4CCC5=CC(=O)CC[C@]5(C)C4=CC[C@@]32C)cc1. The maximum Gasteiger partial charge on any atom is 0.155 e. The summed E-state index contributed by atoms with van der Waals surface area (Å²) >= 11 is 0. The van der Waals surface area contributed by atoms with Crippen molar-refractivity contribution in [2.24, 2.45) is 22.7 Å². The molecule has 0 heterocycles. The normalized spacial score (nSPS) is 42.2. The van der Waals surface area contributed by atoms with Crippen molar-refractivity contribution in [1.82, 2.24) is 0 Å². The molecule has 4 aliphatic rings. The van der Waals surface area contributed by atoms with Crippen LogP contribution in [-0.2, 0) is 10.4 Å². The number of carbonyl (C=O) groups excluding carboxylic acids is 1. The first-order valence-corrected chi connectivity index (χ1v) is 11.0. The molecule has 0 amide bonds. The lowest BCUT2D eigenvalue weighted by Gasteiger charge is -2.55. The van der Waals surface area contributed by atoms with E-state index in [0.29, 0.717) is 24.0 Å². The number of carbonyl (C=O) groups is 1. The van der Waals surface area contributed by atoms with Gasteiger partial charge < -0.3 is 5.11 Å². The molecule has 0 radical (unpaired) electrons. The molecule has 0 bridgehead atoms. The fraction of sp³-hybridized carbons (Fsp3) is 0.577. The van der Waals surface area contributed by atoms with Crippen LogP contribution in [0.15, 0.2) is 47.6 Å². The molecule has 0 saturated heterocycles. The largest absolute Gasteiger partial charge is 0.385 e. The van der Waals surface area contributed by atoms with Gasteiger partial charge in [0.1, 0.15) is 0 Å². The van der Waals surface area contributed by atoms with Gasteiger partial charge in [0.05, 0.1) is 5.60 Å². The van der Waals surface area contributed by atoms with Crippen molar-refractivity contribution in [3.8, 4) is 0 Å². The number of fused-ring (bicyclic) bond motifs is 5. The van der Waals surface area contributed by atoms with Crippen LogP contribution in [0.1, 0.15) is 69.9 Å². The zero-order chi connectivity index (χ0) is 19.7. The Morgan fingerprint density at radius 2 is 1.79 bits per heavy atom. The van der Waals surface area contributed by atoms with E-state index >= 15 is 0 Å². The minimum Gasteiger partial charge on any atom is -0.385 e. The maximum absolute atomic E-state index is 12.0. The summed E-state index contributed by atoms with van der Waals surface area (Å²) in [6.07, 6.45) is 11.1. The van der Waals surface area contributed by atoms with Crippen LogP contribution in [0.4, 0.5) is 0 Å². The van der Waals surface area contributed by atoms with Crippen LogP contribution in [0.25, 0.3) is 0 Å². The summed E-state index contributed by atoms with van der Waals surface area (Å²) in [5, 5.41) is 11.9. The van der Waals surface area contributed by atoms with E-state index < -0.39 is 5.60 Å². The number of hydrogen-bond donors (Lipinski definition) is 1. The topological polar surface area (TPSA) is 37.3 Å². The first-order chi connectivity index (χ1) is 13.3. The number of hydrogen-bond acceptors (Lipinski definition) is 2. The van der Waals surface area contributed by atoms with Crippen LogP contribution in [0.5, 0.6) is 0 Å². The number of ketones is 1. The first-order valence-electron chi connectivity index (χ1n) is 11.0. The number of benzene rings is 1. The average molecular weight is 377 g/mol. The standard InChI is InChI=1S/C26H32O2/c1-17-4-6-18(7-5-17)26(28)15-12-23-21-9-8-19-16-20(27)10-13-24(19,2)22(21)11-14-25(23,26)3/h4-7,11,16,21,23,28H,8-10,12-15H2,1-3H3/t21-,23+,24+,25+,26?/m1/s1. The zero-order valence-corrected chi connectivity index (χ0v) is 17.4. The fourth-order valence-corrected chi connectivity index (χ4v) is 7.17. The molecule has 2 fully saturated rings. The van der Waals surface area contributed by atoms with Gasteiger partial charge in [0.15, 0.2) is 5.78 Å². The summed E-state index contributed by atoms with van der Waals surface area (Å²) in [4.78, 5) is 12.0. The van der Waals surface area contributed by atoms with Gasteiger partial charge in [-0.2, -0.15) is 0 Å². The first kappa shape index (κ1) is 18.4. The molecule has 1 aromatic rings. The van der Waals surface area contributed by atoms with Gasteiger partial charge >= 0.3 is 0 Å². The lowest BCUT2D eigenvalue weighted by Crippen LogP contribution is -2.49. The van der Waals surface area contributed by atoms with Crippen molar-refractivity contribution in [3.63, 3.8) is 0 Å². The molecule has 5 atom stereocenters. The molecule has 2 heteroatoms. The molecule has 5 rings (SSSR count). The van der Waals surface area contributed by atoms with Crippen molar-refractivity contribution in [2.45, 2.75) is 71.3 Å². The van der Waals surface area contributed by atoms with Crippen LogP contribution in [-0.4, -0.2) is 10.9 Å². The second-order valence-corrected chi connectivity index (χ2v) is 10.3. The second-order valence-electron chi connectivity index (χ2n) is 10.3. The van der Waals surface area contributed by atoms with E-state index in [1.807, 2.05) is 6.08 Å². The van der Waals surface area contributed by atoms with Gasteiger partial charge in [0.25, 0.3) is 0 Å². The van der Waals surface area contributed by atoms with Crippen LogP contribution in [0, 0.1) is 29.6 Å². The van der Waals surface area contributed by atoms with Crippen molar-refractivity contribution in [3.05, 3.63) is 58.7 Å². The third-order valence-electron chi connectivity index (χ3n) is 9.02. The van der Waals surface area contributed by atoms with Crippen LogP contribution in [0.3, 0.4) is 0 Å². The molecular weight excluding hydrogens is 344 g/mol. The molecule has 1 unspecified atom stereocenters. The number of rotatable bonds is 1. The molecule has 1 aromatic carbocycles. The van der Waals surface area contributed by atoms with Crippen molar-refractivity contribution in [1.29, 1.82) is 0 Å². The number of aliphatic hydroxyl groups is 1. The van der Waals surface area contributed by atoms with Crippen LogP contribution in [0.2, 0.25) is 0 Å². The highest BCUT2D eigenvalue weighted by Crippen LogP contribution is 2.67. The maximum atomic E-state index is 12.0. The molecular formula is C26H32O2. The molecule has 2 nitrogen and oxygen atoms in total. The molecule has 0 spiro atoms. The van der Waals surface area contributed by atoms with Crippen LogP contribution >= 0.6 is 0 Å². The predicted octanol–water partition coefficient (Wildman–Crippen LogP) is 5.63. The molecule has 4 aliphatic carbocycles. The van der Waals surface area contributed by atoms with Gasteiger partial charge in [-0.25, -0.2) is 0 Å². The third kappa shape index (κ3) is 2.27. The molecule has 0 aromatic heterocycles. The van der Waals surface area contributed by atoms with E-state index in [0.717, 1.165) is 44.1 Å². The van der Waals surface area contributed by atoms with E-state index in [2.05, 4.69) is 51.1 Å². The number of aryl methyl sites for hydroxylation is 1. The van der Waals surface area contributed by atoms with E-state index in [1.165, 1.54) is 11.1 Å². The molecule has 2 saturated carbocycles. The monoisotopic (exact) mass is 376 g/mol.